The van der Waals surface area contributed by atoms with Crippen molar-refractivity contribution < 1.29 is 31.1 Å². The van der Waals surface area contributed by atoms with Gasteiger partial charge in [0.15, 0.2) is 0 Å². The molecular weight excluding hydrogens is 520 g/mol. The minimum atomic E-state index is -4.79. The van der Waals surface area contributed by atoms with Gasteiger partial charge in [0.2, 0.25) is 11.9 Å². The van der Waals surface area contributed by atoms with Crippen molar-refractivity contribution in [2.45, 2.75) is 57.5 Å². The van der Waals surface area contributed by atoms with Gasteiger partial charge in [-0.2, -0.15) is 31.4 Å². The number of anilines is 1. The molecule has 1 saturated heterocycles. The van der Waals surface area contributed by atoms with Crippen molar-refractivity contribution in [3.05, 3.63) is 45.1 Å². The third-order valence-corrected chi connectivity index (χ3v) is 6.91. The first-order chi connectivity index (χ1) is 17.8. The Morgan fingerprint density at radius 3 is 2.26 bits per heavy atom. The quantitative estimate of drug-likeness (QED) is 0.556. The summed E-state index contributed by atoms with van der Waals surface area (Å²) in [5.41, 5.74) is -3.32. The number of carbonyl (C=O) groups excluding carboxylic acids is 1. The molecule has 0 saturated carbocycles. The number of piperazine rings is 1. The molecule has 1 amide bonds. The molecule has 0 spiro atoms. The number of aromatic amines is 1. The van der Waals surface area contributed by atoms with E-state index in [9.17, 15) is 35.9 Å². The first-order valence-corrected chi connectivity index (χ1v) is 12.1. The molecular formula is C23H27F6N7O2. The van der Waals surface area contributed by atoms with Gasteiger partial charge in [-0.3, -0.25) is 14.5 Å². The van der Waals surface area contributed by atoms with Gasteiger partial charge < -0.3 is 9.80 Å². The van der Waals surface area contributed by atoms with Crippen LogP contribution < -0.4 is 10.5 Å². The van der Waals surface area contributed by atoms with Crippen molar-refractivity contribution in [3.63, 3.8) is 0 Å². The number of nitrogens with zero attached hydrogens (tertiary/aromatic N) is 6. The highest BCUT2D eigenvalue weighted by Gasteiger charge is 2.43. The maximum Gasteiger partial charge on any atom is 0.422 e. The van der Waals surface area contributed by atoms with Gasteiger partial charge in [-0.15, -0.1) is 0 Å². The summed E-state index contributed by atoms with van der Waals surface area (Å²) in [5, 5.41) is 5.91. The van der Waals surface area contributed by atoms with Crippen molar-refractivity contribution in [1.29, 1.82) is 0 Å². The second-order valence-electron chi connectivity index (χ2n) is 9.56. The Bertz CT molecular complexity index is 1200. The van der Waals surface area contributed by atoms with Gasteiger partial charge in [0.25, 0.3) is 5.56 Å². The molecule has 2 aromatic heterocycles. The molecule has 2 aliphatic rings. The molecule has 1 atom stereocenters. The summed E-state index contributed by atoms with van der Waals surface area (Å²) < 4.78 is 78.6. The van der Waals surface area contributed by atoms with Gasteiger partial charge in [0, 0.05) is 57.6 Å². The van der Waals surface area contributed by atoms with Gasteiger partial charge in [0.1, 0.15) is 5.56 Å². The van der Waals surface area contributed by atoms with Crippen LogP contribution in [0.1, 0.15) is 55.1 Å². The predicted octanol–water partition coefficient (Wildman–Crippen LogP) is 3.03. The topological polar surface area (TPSA) is 98.3 Å². The number of hydrogen-bond donors (Lipinski definition) is 1. The molecule has 0 radical (unpaired) electrons. The summed E-state index contributed by atoms with van der Waals surface area (Å²) in [7, 11) is 0. The van der Waals surface area contributed by atoms with E-state index in [1.807, 2.05) is 23.8 Å². The summed E-state index contributed by atoms with van der Waals surface area (Å²) in [5.74, 6) is 0.00650. The molecule has 3 heterocycles. The van der Waals surface area contributed by atoms with Crippen molar-refractivity contribution in [1.82, 2.24) is 30.0 Å². The molecule has 4 rings (SSSR count). The minimum absolute atomic E-state index is 0.0664. The van der Waals surface area contributed by atoms with E-state index >= 15 is 0 Å². The van der Waals surface area contributed by atoms with Gasteiger partial charge in [0.05, 0.1) is 17.3 Å². The summed E-state index contributed by atoms with van der Waals surface area (Å²) >= 11 is 0. The van der Waals surface area contributed by atoms with E-state index < -0.39 is 35.1 Å². The van der Waals surface area contributed by atoms with Crippen LogP contribution in [0.3, 0.4) is 0 Å². The normalized spacial score (nSPS) is 18.4. The third kappa shape index (κ3) is 5.76. The number of fused-ring (bicyclic) bond motifs is 1. The molecule has 1 aliphatic heterocycles. The molecule has 1 unspecified atom stereocenters. The number of amides is 1. The highest BCUT2D eigenvalue weighted by Crippen LogP contribution is 2.40. The molecule has 0 bridgehead atoms. The number of H-pyrrole nitrogens is 1. The van der Waals surface area contributed by atoms with Crippen LogP contribution in [-0.2, 0) is 23.6 Å². The van der Waals surface area contributed by atoms with Crippen LogP contribution in [0.25, 0.3) is 0 Å². The summed E-state index contributed by atoms with van der Waals surface area (Å²) in [6.07, 6.45) is -7.33. The van der Waals surface area contributed by atoms with Gasteiger partial charge in [-0.05, 0) is 32.3 Å². The lowest BCUT2D eigenvalue weighted by atomic mass is 10.1. The van der Waals surface area contributed by atoms with E-state index in [1.54, 1.807) is 9.80 Å². The Balaban J connectivity index is 1.37. The van der Waals surface area contributed by atoms with Crippen LogP contribution >= 0.6 is 0 Å². The van der Waals surface area contributed by atoms with Crippen LogP contribution in [0, 0.1) is 0 Å². The van der Waals surface area contributed by atoms with Gasteiger partial charge in [-0.25, -0.2) is 15.1 Å². The fourth-order valence-electron chi connectivity index (χ4n) is 5.01. The van der Waals surface area contributed by atoms with E-state index in [-0.39, 0.29) is 48.5 Å². The maximum atomic E-state index is 13.5. The van der Waals surface area contributed by atoms with E-state index in [4.69, 9.17) is 0 Å². The Kier molecular flexibility index (Phi) is 7.68. The van der Waals surface area contributed by atoms with Crippen molar-refractivity contribution >= 4 is 11.9 Å². The molecule has 1 aliphatic carbocycles. The average molecular weight is 548 g/mol. The first kappa shape index (κ1) is 27.8. The number of carbonyl (C=O) groups is 1. The zero-order chi connectivity index (χ0) is 27.8. The summed E-state index contributed by atoms with van der Waals surface area (Å²) in [6.45, 7) is 5.38. The van der Waals surface area contributed by atoms with Gasteiger partial charge >= 0.3 is 12.4 Å². The number of rotatable bonds is 6. The Labute approximate surface area is 213 Å². The third-order valence-electron chi connectivity index (χ3n) is 6.91. The van der Waals surface area contributed by atoms with E-state index in [1.165, 1.54) is 0 Å². The number of nitrogens with one attached hydrogen (secondary N) is 1. The second-order valence-corrected chi connectivity index (χ2v) is 9.56. The zero-order valence-corrected chi connectivity index (χ0v) is 20.7. The Hall–Kier alpha value is -3.23. The van der Waals surface area contributed by atoms with Crippen molar-refractivity contribution in [3.8, 4) is 0 Å². The number of aromatic nitrogens is 4. The number of alkyl halides is 6. The maximum absolute atomic E-state index is 13.5. The van der Waals surface area contributed by atoms with Crippen molar-refractivity contribution in [2.75, 3.05) is 37.6 Å². The molecule has 15 heteroatoms. The zero-order valence-electron chi connectivity index (χ0n) is 20.7. The van der Waals surface area contributed by atoms with Crippen LogP contribution in [0.4, 0.5) is 32.3 Å². The van der Waals surface area contributed by atoms with E-state index in [2.05, 4.69) is 15.1 Å². The average Bonchev–Trinajstić information content (AvgIpc) is 3.26. The highest BCUT2D eigenvalue weighted by molar-refractivity contribution is 5.76. The van der Waals surface area contributed by atoms with Crippen LogP contribution in [0.15, 0.2) is 17.2 Å². The SMILES string of the molecule is CC(C)N(CCC(=O)N1CCN(c2ncc(C(F)(F)F)cn2)CC1)C1CCc2c1n[nH]c(=O)c2C(F)(F)F. The first-order valence-electron chi connectivity index (χ1n) is 12.1. The molecule has 1 N–H and O–H groups in total. The number of halogens is 6. The molecule has 208 valence electrons. The molecule has 1 fully saturated rings. The molecule has 9 nitrogen and oxygen atoms in total. The van der Waals surface area contributed by atoms with Crippen LogP contribution in [-0.4, -0.2) is 74.6 Å². The molecule has 0 aromatic carbocycles. The molecule has 38 heavy (non-hydrogen) atoms. The Morgan fingerprint density at radius 1 is 1.08 bits per heavy atom. The fraction of sp³-hybridized carbons (Fsp3) is 0.609. The standard InChI is InChI=1S/C23H27F6N7O2/c1-13(2)36(16-4-3-15-18(23(27,28)29)20(38)33-32-19(15)16)6-5-17(37)34-7-9-35(10-8-34)21-30-11-14(12-31-21)22(24,25)26/h11-13,16H,3-10H2,1-2H3,(H,33,38). The van der Waals surface area contributed by atoms with Gasteiger partial charge in [-0.1, -0.05) is 0 Å². The highest BCUT2D eigenvalue weighted by atomic mass is 19.4. The lowest BCUT2D eigenvalue weighted by Crippen LogP contribution is -2.50. The lowest BCUT2D eigenvalue weighted by Gasteiger charge is -2.36. The van der Waals surface area contributed by atoms with Crippen molar-refractivity contribution in [2.24, 2.45) is 0 Å². The predicted molar refractivity (Wildman–Crippen MR) is 123 cm³/mol. The number of hydrogen-bond acceptors (Lipinski definition) is 7. The smallest absolute Gasteiger partial charge is 0.339 e. The monoisotopic (exact) mass is 547 g/mol. The minimum Gasteiger partial charge on any atom is -0.339 e. The lowest BCUT2D eigenvalue weighted by molar-refractivity contribution is -0.139. The van der Waals surface area contributed by atoms with E-state index in [0.717, 1.165) is 12.4 Å². The fourth-order valence-corrected chi connectivity index (χ4v) is 5.01. The second kappa shape index (κ2) is 10.5. The van der Waals surface area contributed by atoms with E-state index in [0.29, 0.717) is 32.6 Å². The summed E-state index contributed by atoms with van der Waals surface area (Å²) in [6, 6.07) is -0.570. The largest absolute Gasteiger partial charge is 0.422 e. The van der Waals surface area contributed by atoms with Crippen LogP contribution in [0.2, 0.25) is 0 Å². The summed E-state index contributed by atoms with van der Waals surface area (Å²) in [4.78, 5) is 37.6. The Morgan fingerprint density at radius 2 is 1.71 bits per heavy atom. The molecule has 2 aromatic rings. The van der Waals surface area contributed by atoms with Crippen LogP contribution in [0.5, 0.6) is 0 Å².